The number of hydrogen-bond acceptors (Lipinski definition) is 5. The maximum Gasteiger partial charge on any atom is 0.255 e. The number of fused-ring (bicyclic) bond motifs is 1. The fourth-order valence-electron chi connectivity index (χ4n) is 2.98. The summed E-state index contributed by atoms with van der Waals surface area (Å²) in [5.41, 5.74) is 3.23. The fourth-order valence-corrected chi connectivity index (χ4v) is 3.42. The van der Waals surface area contributed by atoms with Gasteiger partial charge >= 0.3 is 0 Å². The molecule has 0 atom stereocenters. The first-order valence-electron chi connectivity index (χ1n) is 8.49. The van der Waals surface area contributed by atoms with E-state index in [1.54, 1.807) is 12.5 Å². The molecule has 0 amide bonds. The van der Waals surface area contributed by atoms with Crippen LogP contribution in [0.3, 0.4) is 0 Å². The van der Waals surface area contributed by atoms with Gasteiger partial charge in [0.1, 0.15) is 22.3 Å². The van der Waals surface area contributed by atoms with Crippen LogP contribution in [0.5, 0.6) is 11.5 Å². The molecule has 6 nitrogen and oxygen atoms in total. The summed E-state index contributed by atoms with van der Waals surface area (Å²) in [6.45, 7) is 3.88. The number of benzene rings is 2. The second-order valence-corrected chi connectivity index (χ2v) is 7.12. The van der Waals surface area contributed by atoms with Gasteiger partial charge < -0.3 is 9.84 Å². The van der Waals surface area contributed by atoms with E-state index in [0.717, 1.165) is 16.8 Å². The smallest absolute Gasteiger partial charge is 0.255 e. The van der Waals surface area contributed by atoms with Gasteiger partial charge in [-0.15, -0.1) is 10.2 Å². The summed E-state index contributed by atoms with van der Waals surface area (Å²) in [5.74, 6) is 1.18. The number of halogens is 1. The topological polar surface area (TPSA) is 72.5 Å². The van der Waals surface area contributed by atoms with Gasteiger partial charge in [-0.3, -0.25) is 4.40 Å². The van der Waals surface area contributed by atoms with Crippen LogP contribution in [-0.2, 0) is 0 Å². The van der Waals surface area contributed by atoms with E-state index in [2.05, 4.69) is 31.1 Å². The Balaban J connectivity index is 1.96. The van der Waals surface area contributed by atoms with Crippen molar-refractivity contribution in [2.75, 3.05) is 0 Å². The zero-order valence-electron chi connectivity index (χ0n) is 14.8. The Labute approximate surface area is 164 Å². The molecule has 1 N–H and O–H groups in total. The van der Waals surface area contributed by atoms with Crippen molar-refractivity contribution in [1.29, 1.82) is 0 Å². The molecular weight excluding hydrogens is 408 g/mol. The standard InChI is InChI=1S/C20H17BrN4O2/c1-12(2)27-16-9-8-14(19(26)17(16)21)15-10-22-20-24-23-11-25(20)18(15)13-6-4-3-5-7-13/h3-12,26H,1-2H3. The van der Waals surface area contributed by atoms with Crippen molar-refractivity contribution in [2.45, 2.75) is 20.0 Å². The van der Waals surface area contributed by atoms with Crippen molar-refractivity contribution < 1.29 is 9.84 Å². The number of hydrogen-bond donors (Lipinski definition) is 1. The highest BCUT2D eigenvalue weighted by molar-refractivity contribution is 9.10. The first-order chi connectivity index (χ1) is 13.1. The molecule has 0 spiro atoms. The van der Waals surface area contributed by atoms with Crippen molar-refractivity contribution in [2.24, 2.45) is 0 Å². The highest BCUT2D eigenvalue weighted by Gasteiger charge is 2.19. The molecule has 0 aliphatic heterocycles. The van der Waals surface area contributed by atoms with E-state index >= 15 is 0 Å². The van der Waals surface area contributed by atoms with E-state index in [0.29, 0.717) is 21.6 Å². The number of aromatic hydroxyl groups is 1. The summed E-state index contributed by atoms with van der Waals surface area (Å²) in [4.78, 5) is 4.38. The Morgan fingerprint density at radius 1 is 1.07 bits per heavy atom. The fraction of sp³-hybridized carbons (Fsp3) is 0.150. The molecule has 2 heterocycles. The van der Waals surface area contributed by atoms with Gasteiger partial charge in [0.25, 0.3) is 5.78 Å². The van der Waals surface area contributed by atoms with Crippen molar-refractivity contribution in [3.8, 4) is 33.9 Å². The minimum absolute atomic E-state index is 0.00136. The Hall–Kier alpha value is -2.93. The summed E-state index contributed by atoms with van der Waals surface area (Å²) >= 11 is 3.45. The molecule has 0 saturated carbocycles. The molecule has 0 saturated heterocycles. The largest absolute Gasteiger partial charge is 0.506 e. The van der Waals surface area contributed by atoms with Crippen molar-refractivity contribution in [3.63, 3.8) is 0 Å². The molecule has 27 heavy (non-hydrogen) atoms. The molecule has 2 aromatic heterocycles. The van der Waals surface area contributed by atoms with Crippen LogP contribution in [0.4, 0.5) is 0 Å². The van der Waals surface area contributed by atoms with Crippen LogP contribution in [0.15, 0.2) is 59.5 Å². The van der Waals surface area contributed by atoms with Gasteiger partial charge in [0, 0.05) is 17.3 Å². The molecule has 0 bridgehead atoms. The average molecular weight is 425 g/mol. The second-order valence-electron chi connectivity index (χ2n) is 6.33. The van der Waals surface area contributed by atoms with Crippen LogP contribution in [0.1, 0.15) is 13.8 Å². The van der Waals surface area contributed by atoms with Crippen LogP contribution in [0.25, 0.3) is 28.2 Å². The van der Waals surface area contributed by atoms with E-state index in [-0.39, 0.29) is 11.9 Å². The molecule has 0 unspecified atom stereocenters. The zero-order valence-corrected chi connectivity index (χ0v) is 16.4. The average Bonchev–Trinajstić information content (AvgIpc) is 3.14. The first kappa shape index (κ1) is 17.5. The summed E-state index contributed by atoms with van der Waals surface area (Å²) in [7, 11) is 0. The van der Waals surface area contributed by atoms with E-state index in [1.807, 2.05) is 60.7 Å². The lowest BCUT2D eigenvalue weighted by atomic mass is 9.99. The third-order valence-electron chi connectivity index (χ3n) is 4.12. The number of aromatic nitrogens is 4. The number of ether oxygens (including phenoxy) is 1. The SMILES string of the molecule is CC(C)Oc1ccc(-c2cnc3nncn3c2-c2ccccc2)c(O)c1Br. The number of nitrogens with zero attached hydrogens (tertiary/aromatic N) is 4. The lowest BCUT2D eigenvalue weighted by Gasteiger charge is -2.16. The third kappa shape index (κ3) is 3.14. The van der Waals surface area contributed by atoms with Crippen LogP contribution < -0.4 is 4.74 Å². The van der Waals surface area contributed by atoms with Gasteiger partial charge in [-0.2, -0.15) is 0 Å². The molecule has 4 aromatic rings. The second kappa shape index (κ2) is 7.00. The Morgan fingerprint density at radius 3 is 2.59 bits per heavy atom. The predicted octanol–water partition coefficient (Wildman–Crippen LogP) is 4.71. The molecule has 0 radical (unpaired) electrons. The molecule has 7 heteroatoms. The molecule has 0 aliphatic rings. The molecule has 2 aromatic carbocycles. The molecule has 4 rings (SSSR count). The first-order valence-corrected chi connectivity index (χ1v) is 9.28. The van der Waals surface area contributed by atoms with Gasteiger partial charge in [-0.1, -0.05) is 30.3 Å². The van der Waals surface area contributed by atoms with Gasteiger partial charge in [0.2, 0.25) is 0 Å². The lowest BCUT2D eigenvalue weighted by Crippen LogP contribution is -2.06. The summed E-state index contributed by atoms with van der Waals surface area (Å²) in [6, 6.07) is 13.6. The van der Waals surface area contributed by atoms with Gasteiger partial charge in [-0.25, -0.2) is 4.98 Å². The monoisotopic (exact) mass is 424 g/mol. The van der Waals surface area contributed by atoms with E-state index in [9.17, 15) is 5.11 Å². The Morgan fingerprint density at radius 2 is 1.85 bits per heavy atom. The zero-order chi connectivity index (χ0) is 19.0. The molecular formula is C20H17BrN4O2. The summed E-state index contributed by atoms with van der Waals surface area (Å²) in [5, 5.41) is 18.8. The highest BCUT2D eigenvalue weighted by atomic mass is 79.9. The van der Waals surface area contributed by atoms with Crippen LogP contribution >= 0.6 is 15.9 Å². The van der Waals surface area contributed by atoms with E-state index < -0.39 is 0 Å². The van der Waals surface area contributed by atoms with Gasteiger partial charge in [0.05, 0.1) is 11.8 Å². The normalized spacial score (nSPS) is 11.3. The number of phenols is 1. The quantitative estimate of drug-likeness (QED) is 0.513. The Bertz CT molecular complexity index is 1110. The maximum absolute atomic E-state index is 10.8. The van der Waals surface area contributed by atoms with Gasteiger partial charge in [0.15, 0.2) is 0 Å². The molecule has 0 fully saturated rings. The minimum atomic E-state index is 0.00136. The van der Waals surface area contributed by atoms with Crippen molar-refractivity contribution in [3.05, 3.63) is 59.5 Å². The van der Waals surface area contributed by atoms with Crippen molar-refractivity contribution in [1.82, 2.24) is 19.6 Å². The highest BCUT2D eigenvalue weighted by Crippen LogP contribution is 2.44. The van der Waals surface area contributed by atoms with Crippen LogP contribution in [-0.4, -0.2) is 30.8 Å². The predicted molar refractivity (Wildman–Crippen MR) is 107 cm³/mol. The summed E-state index contributed by atoms with van der Waals surface area (Å²) < 4.78 is 8.07. The Kier molecular flexibility index (Phi) is 4.53. The van der Waals surface area contributed by atoms with Crippen LogP contribution in [0.2, 0.25) is 0 Å². The number of rotatable bonds is 4. The molecule has 0 aliphatic carbocycles. The summed E-state index contributed by atoms with van der Waals surface area (Å²) in [6.07, 6.45) is 3.33. The molecule has 136 valence electrons. The van der Waals surface area contributed by atoms with Crippen LogP contribution in [0, 0.1) is 0 Å². The van der Waals surface area contributed by atoms with E-state index in [1.165, 1.54) is 0 Å². The third-order valence-corrected chi connectivity index (χ3v) is 4.88. The maximum atomic E-state index is 10.8. The number of phenolic OH excluding ortho intramolecular Hbond substituents is 1. The van der Waals surface area contributed by atoms with Gasteiger partial charge in [-0.05, 0) is 47.5 Å². The van der Waals surface area contributed by atoms with Crippen molar-refractivity contribution >= 4 is 21.7 Å². The van der Waals surface area contributed by atoms with E-state index in [4.69, 9.17) is 4.74 Å². The lowest BCUT2D eigenvalue weighted by molar-refractivity contribution is 0.239. The minimum Gasteiger partial charge on any atom is -0.506 e.